The van der Waals surface area contributed by atoms with E-state index >= 15 is 0 Å². The molecule has 0 bridgehead atoms. The first-order valence-corrected chi connectivity index (χ1v) is 22.6. The van der Waals surface area contributed by atoms with Crippen LogP contribution in [0.4, 0.5) is 17.1 Å². The van der Waals surface area contributed by atoms with Gasteiger partial charge in [0.25, 0.3) is 0 Å². The summed E-state index contributed by atoms with van der Waals surface area (Å²) in [6, 6.07) is 93.8. The third-order valence-electron chi connectivity index (χ3n) is 12.9. The maximum atomic E-state index is 6.31. The number of rotatable bonds is 9. The Balaban J connectivity index is 0.914. The Bertz CT molecular complexity index is 3630. The zero-order valence-electron chi connectivity index (χ0n) is 36.2. The minimum absolute atomic E-state index is 0.874. The Morgan fingerprint density at radius 1 is 0.258 bits per heavy atom. The van der Waals surface area contributed by atoms with Gasteiger partial charge >= 0.3 is 0 Å². The van der Waals surface area contributed by atoms with Crippen LogP contribution in [0, 0.1) is 0 Å². The number of nitrogens with zero attached hydrogens (tertiary/aromatic N) is 1. The van der Waals surface area contributed by atoms with Crippen molar-refractivity contribution >= 4 is 49.6 Å². The first-order chi connectivity index (χ1) is 32.7. The minimum Gasteiger partial charge on any atom is -0.456 e. The van der Waals surface area contributed by atoms with E-state index < -0.39 is 0 Å². The fourth-order valence-electron chi connectivity index (χ4n) is 9.61. The Morgan fingerprint density at radius 3 is 1.36 bits per heavy atom. The SMILES string of the molecule is c1ccc(-c2ccc(-c3ccccc3N(c3ccc(-c4ccc(-c5ccccc5-c5cc6ccccc6o5)cc4)cc3)c3ccc(-c4cc5ccccc5c5ccccc45)cc3)cc2)cc1. The molecule has 12 rings (SSSR count). The van der Waals surface area contributed by atoms with Crippen molar-refractivity contribution in [3.05, 3.63) is 261 Å². The summed E-state index contributed by atoms with van der Waals surface area (Å²) in [6.45, 7) is 0. The van der Waals surface area contributed by atoms with Gasteiger partial charge in [0.05, 0.1) is 5.69 Å². The Labute approximate surface area is 384 Å². The number of furan rings is 1. The van der Waals surface area contributed by atoms with Gasteiger partial charge in [0.1, 0.15) is 11.3 Å². The van der Waals surface area contributed by atoms with Crippen LogP contribution in [0.5, 0.6) is 0 Å². The first-order valence-electron chi connectivity index (χ1n) is 22.6. The Kier molecular flexibility index (Phi) is 9.89. The van der Waals surface area contributed by atoms with E-state index in [4.69, 9.17) is 4.42 Å². The summed E-state index contributed by atoms with van der Waals surface area (Å²) in [7, 11) is 0. The standard InChI is InChI=1S/C64H43NO/c1-2-14-44(15-3-1)45-28-32-49(33-29-45)57-20-11-12-24-62(57)65(54-40-36-50(37-41-54)61-42-51-16-4-6-19-56(51)58-21-8-9-22-59(58)61)53-38-34-47(35-39-53)46-26-30-48(31-27-46)55-18-7-10-23-60(55)64-43-52-17-5-13-25-63(52)66-64/h1-43H. The molecule has 0 aliphatic heterocycles. The highest BCUT2D eigenvalue weighted by Crippen LogP contribution is 2.44. The van der Waals surface area contributed by atoms with Crippen LogP contribution in [-0.4, -0.2) is 0 Å². The summed E-state index contributed by atoms with van der Waals surface area (Å²) in [4.78, 5) is 2.39. The van der Waals surface area contributed by atoms with Crippen LogP contribution in [0.3, 0.4) is 0 Å². The van der Waals surface area contributed by atoms with Crippen LogP contribution in [0.2, 0.25) is 0 Å². The molecule has 0 saturated carbocycles. The molecule has 0 aliphatic carbocycles. The molecular formula is C64H43NO. The summed E-state index contributed by atoms with van der Waals surface area (Å²) in [5.74, 6) is 0.874. The third-order valence-corrected chi connectivity index (χ3v) is 12.9. The number of fused-ring (bicyclic) bond motifs is 4. The molecule has 0 saturated heterocycles. The molecule has 0 spiro atoms. The van der Waals surface area contributed by atoms with Gasteiger partial charge in [-0.05, 0) is 120 Å². The van der Waals surface area contributed by atoms with E-state index in [1.807, 2.05) is 18.2 Å². The summed E-state index contributed by atoms with van der Waals surface area (Å²) < 4.78 is 6.31. The molecule has 0 atom stereocenters. The van der Waals surface area contributed by atoms with E-state index in [2.05, 4.69) is 248 Å². The zero-order valence-corrected chi connectivity index (χ0v) is 36.2. The third kappa shape index (κ3) is 7.21. The van der Waals surface area contributed by atoms with Crippen molar-refractivity contribution in [2.75, 3.05) is 4.90 Å². The highest BCUT2D eigenvalue weighted by atomic mass is 16.3. The van der Waals surface area contributed by atoms with Gasteiger partial charge in [0.15, 0.2) is 0 Å². The van der Waals surface area contributed by atoms with Crippen LogP contribution in [0.25, 0.3) is 99.5 Å². The Hall–Kier alpha value is -8.72. The van der Waals surface area contributed by atoms with Gasteiger partial charge in [-0.25, -0.2) is 0 Å². The lowest BCUT2D eigenvalue weighted by Gasteiger charge is -2.28. The van der Waals surface area contributed by atoms with Crippen molar-refractivity contribution in [1.82, 2.24) is 0 Å². The monoisotopic (exact) mass is 841 g/mol. The van der Waals surface area contributed by atoms with E-state index in [0.717, 1.165) is 72.7 Å². The van der Waals surface area contributed by atoms with Crippen molar-refractivity contribution in [2.24, 2.45) is 0 Å². The lowest BCUT2D eigenvalue weighted by molar-refractivity contribution is 0.632. The van der Waals surface area contributed by atoms with Gasteiger partial charge in [0, 0.05) is 27.9 Å². The second-order valence-corrected chi connectivity index (χ2v) is 16.9. The van der Waals surface area contributed by atoms with E-state index in [-0.39, 0.29) is 0 Å². The van der Waals surface area contributed by atoms with E-state index in [9.17, 15) is 0 Å². The number of para-hydroxylation sites is 2. The van der Waals surface area contributed by atoms with Crippen molar-refractivity contribution in [1.29, 1.82) is 0 Å². The molecule has 310 valence electrons. The lowest BCUT2D eigenvalue weighted by atomic mass is 9.93. The van der Waals surface area contributed by atoms with Gasteiger partial charge in [-0.15, -0.1) is 0 Å². The van der Waals surface area contributed by atoms with Gasteiger partial charge in [-0.3, -0.25) is 0 Å². The average molecular weight is 842 g/mol. The molecule has 11 aromatic carbocycles. The molecule has 66 heavy (non-hydrogen) atoms. The van der Waals surface area contributed by atoms with Gasteiger partial charge in [0.2, 0.25) is 0 Å². The molecule has 1 aromatic heterocycles. The topological polar surface area (TPSA) is 16.4 Å². The van der Waals surface area contributed by atoms with Crippen LogP contribution >= 0.6 is 0 Å². The van der Waals surface area contributed by atoms with Gasteiger partial charge in [-0.1, -0.05) is 212 Å². The maximum Gasteiger partial charge on any atom is 0.136 e. The van der Waals surface area contributed by atoms with Crippen molar-refractivity contribution < 1.29 is 4.42 Å². The fourth-order valence-corrected chi connectivity index (χ4v) is 9.61. The lowest BCUT2D eigenvalue weighted by Crippen LogP contribution is -2.11. The molecule has 2 nitrogen and oxygen atoms in total. The molecule has 0 aliphatic rings. The number of hydrogen-bond donors (Lipinski definition) is 0. The summed E-state index contributed by atoms with van der Waals surface area (Å²) in [5, 5.41) is 6.14. The molecule has 0 N–H and O–H groups in total. The highest BCUT2D eigenvalue weighted by Gasteiger charge is 2.19. The molecule has 2 heteroatoms. The number of anilines is 3. The van der Waals surface area contributed by atoms with E-state index in [1.54, 1.807) is 0 Å². The number of hydrogen-bond acceptors (Lipinski definition) is 2. The molecule has 1 heterocycles. The molecular weight excluding hydrogens is 799 g/mol. The van der Waals surface area contributed by atoms with Crippen LogP contribution < -0.4 is 4.90 Å². The second kappa shape index (κ2) is 16.8. The highest BCUT2D eigenvalue weighted by molar-refractivity contribution is 6.13. The second-order valence-electron chi connectivity index (χ2n) is 16.9. The molecule has 12 aromatic rings. The van der Waals surface area contributed by atoms with Crippen molar-refractivity contribution in [3.63, 3.8) is 0 Å². The Morgan fingerprint density at radius 2 is 0.697 bits per heavy atom. The minimum atomic E-state index is 0.874. The summed E-state index contributed by atoms with van der Waals surface area (Å²) in [5.41, 5.74) is 17.0. The molecule has 0 unspecified atom stereocenters. The summed E-state index contributed by atoms with van der Waals surface area (Å²) in [6.07, 6.45) is 0. The smallest absolute Gasteiger partial charge is 0.136 e. The van der Waals surface area contributed by atoms with E-state index in [1.165, 1.54) is 43.8 Å². The first kappa shape index (κ1) is 38.9. The summed E-state index contributed by atoms with van der Waals surface area (Å²) >= 11 is 0. The van der Waals surface area contributed by atoms with Gasteiger partial charge in [-0.2, -0.15) is 0 Å². The maximum absolute atomic E-state index is 6.31. The van der Waals surface area contributed by atoms with Crippen LogP contribution in [0.15, 0.2) is 265 Å². The largest absolute Gasteiger partial charge is 0.456 e. The molecule has 0 radical (unpaired) electrons. The zero-order chi connectivity index (χ0) is 43.8. The van der Waals surface area contributed by atoms with Crippen molar-refractivity contribution in [3.8, 4) is 67.0 Å². The van der Waals surface area contributed by atoms with Crippen molar-refractivity contribution in [2.45, 2.75) is 0 Å². The average Bonchev–Trinajstić information content (AvgIpc) is 3.84. The van der Waals surface area contributed by atoms with E-state index in [0.29, 0.717) is 0 Å². The van der Waals surface area contributed by atoms with Crippen LogP contribution in [0.1, 0.15) is 0 Å². The number of benzene rings is 11. The predicted octanol–water partition coefficient (Wildman–Crippen LogP) is 18.2. The predicted molar refractivity (Wildman–Crippen MR) is 279 cm³/mol. The normalized spacial score (nSPS) is 11.3. The quantitative estimate of drug-likeness (QED) is 0.135. The fraction of sp³-hybridized carbons (Fsp3) is 0. The van der Waals surface area contributed by atoms with Crippen LogP contribution in [-0.2, 0) is 0 Å². The molecule has 0 fully saturated rings. The van der Waals surface area contributed by atoms with Gasteiger partial charge < -0.3 is 9.32 Å². The molecule has 0 amide bonds.